The van der Waals surface area contributed by atoms with E-state index in [4.69, 9.17) is 0 Å². The molecule has 326 valence electrons. The molecule has 0 bridgehead atoms. The maximum atomic E-state index is 2.41. The Bertz CT molecular complexity index is 562. The van der Waals surface area contributed by atoms with Gasteiger partial charge in [0.15, 0.2) is 0 Å². The molecule has 0 amide bonds. The van der Waals surface area contributed by atoms with Gasteiger partial charge in [-0.15, -0.1) is 0 Å². The Balaban J connectivity index is 4.51. The summed E-state index contributed by atoms with van der Waals surface area (Å²) in [6.45, 7) is 15.3. The lowest BCUT2D eigenvalue weighted by atomic mass is 10.0. The molecule has 0 radical (unpaired) electrons. The van der Waals surface area contributed by atoms with Crippen LogP contribution in [0.3, 0.4) is 0 Å². The van der Waals surface area contributed by atoms with Crippen LogP contribution in [0.5, 0.6) is 0 Å². The van der Waals surface area contributed by atoms with Gasteiger partial charge in [-0.05, 0) is 51.4 Å². The van der Waals surface area contributed by atoms with Crippen LogP contribution < -0.4 is 0 Å². The van der Waals surface area contributed by atoms with Gasteiger partial charge in [0.25, 0.3) is 0 Å². The first-order valence-electron chi connectivity index (χ1n) is 26.6. The standard InChI is InChI=1S/C53H110N/c1-5-9-13-16-19-22-25-28-31-34-37-40-43-47-51-54(50-46-12-8-4,52-48-44-41-38-35-32-29-26-23-20-17-14-10-6-2)53-49-45-42-39-36-33-30-27-24-21-18-15-11-7-3/h5-53H2,1-4H3/q+1. The molecule has 0 unspecified atom stereocenters. The molecule has 0 aromatic heterocycles. The maximum Gasteiger partial charge on any atom is 0.0786 e. The number of hydrogen-bond donors (Lipinski definition) is 0. The molecule has 0 heterocycles. The predicted molar refractivity (Wildman–Crippen MR) is 250 cm³/mol. The molecule has 0 fully saturated rings. The average Bonchev–Trinajstić information content (AvgIpc) is 3.18. The number of nitrogens with zero attached hydrogens (tertiary/aromatic N) is 1. The Morgan fingerprint density at radius 3 is 0.426 bits per heavy atom. The lowest BCUT2D eigenvalue weighted by Crippen LogP contribution is -2.50. The fourth-order valence-corrected chi connectivity index (χ4v) is 9.29. The number of hydrogen-bond acceptors (Lipinski definition) is 0. The van der Waals surface area contributed by atoms with E-state index in [-0.39, 0.29) is 0 Å². The predicted octanol–water partition coefficient (Wildman–Crippen LogP) is 19.4. The van der Waals surface area contributed by atoms with Crippen molar-refractivity contribution >= 4 is 0 Å². The fraction of sp³-hybridized carbons (Fsp3) is 1.00. The van der Waals surface area contributed by atoms with E-state index in [0.717, 1.165) is 0 Å². The lowest BCUT2D eigenvalue weighted by molar-refractivity contribution is -0.929. The zero-order valence-electron chi connectivity index (χ0n) is 39.1. The summed E-state index contributed by atoms with van der Waals surface area (Å²) in [5.74, 6) is 0. The molecule has 0 aliphatic rings. The second kappa shape index (κ2) is 47.3. The highest BCUT2D eigenvalue weighted by atomic mass is 15.3. The highest BCUT2D eigenvalue weighted by molar-refractivity contribution is 4.56. The summed E-state index contributed by atoms with van der Waals surface area (Å²) < 4.78 is 1.48. The van der Waals surface area contributed by atoms with E-state index in [1.165, 1.54) is 320 Å². The highest BCUT2D eigenvalue weighted by Gasteiger charge is 2.25. The molecule has 0 rings (SSSR count). The van der Waals surface area contributed by atoms with Crippen molar-refractivity contribution in [2.45, 2.75) is 317 Å². The molecule has 0 aliphatic heterocycles. The van der Waals surface area contributed by atoms with Crippen molar-refractivity contribution < 1.29 is 4.48 Å². The van der Waals surface area contributed by atoms with Gasteiger partial charge in [-0.3, -0.25) is 0 Å². The highest BCUT2D eigenvalue weighted by Crippen LogP contribution is 2.22. The monoisotopic (exact) mass is 761 g/mol. The van der Waals surface area contributed by atoms with Gasteiger partial charge in [-0.2, -0.15) is 0 Å². The Hall–Kier alpha value is -0.0400. The first kappa shape index (κ1) is 54.0. The topological polar surface area (TPSA) is 0 Å². The minimum absolute atomic E-state index is 1.37. The first-order chi connectivity index (χ1) is 26.7. The summed E-state index contributed by atoms with van der Waals surface area (Å²) in [6.07, 6.45) is 66.2. The molecule has 0 aromatic carbocycles. The van der Waals surface area contributed by atoms with Crippen molar-refractivity contribution in [3.63, 3.8) is 0 Å². The number of unbranched alkanes of at least 4 members (excludes halogenated alkanes) is 41. The summed E-state index contributed by atoms with van der Waals surface area (Å²) in [5.41, 5.74) is 0. The summed E-state index contributed by atoms with van der Waals surface area (Å²) in [6, 6.07) is 0. The van der Waals surface area contributed by atoms with E-state index in [1.807, 2.05) is 0 Å². The Kier molecular flexibility index (Phi) is 47.3. The molecule has 1 nitrogen and oxygen atoms in total. The average molecular weight is 761 g/mol. The van der Waals surface area contributed by atoms with Gasteiger partial charge in [-0.1, -0.05) is 265 Å². The van der Waals surface area contributed by atoms with Crippen LogP contribution >= 0.6 is 0 Å². The van der Waals surface area contributed by atoms with Gasteiger partial charge >= 0.3 is 0 Å². The summed E-state index contributed by atoms with van der Waals surface area (Å²) >= 11 is 0. The summed E-state index contributed by atoms with van der Waals surface area (Å²) in [7, 11) is 0. The van der Waals surface area contributed by atoms with Gasteiger partial charge in [0, 0.05) is 0 Å². The number of quaternary nitrogens is 1. The van der Waals surface area contributed by atoms with Crippen LogP contribution in [-0.2, 0) is 0 Å². The third-order valence-corrected chi connectivity index (χ3v) is 13.2. The molecule has 0 aromatic rings. The third-order valence-electron chi connectivity index (χ3n) is 13.2. The quantitative estimate of drug-likeness (QED) is 0.0428. The van der Waals surface area contributed by atoms with E-state index in [2.05, 4.69) is 27.7 Å². The van der Waals surface area contributed by atoms with E-state index < -0.39 is 0 Å². The molecular formula is C53H110N+. The van der Waals surface area contributed by atoms with Crippen molar-refractivity contribution in [2.24, 2.45) is 0 Å². The van der Waals surface area contributed by atoms with Crippen LogP contribution in [-0.4, -0.2) is 30.7 Å². The maximum absolute atomic E-state index is 2.41. The molecule has 1 heteroatoms. The normalized spacial score (nSPS) is 12.0. The van der Waals surface area contributed by atoms with Gasteiger partial charge in [0.1, 0.15) is 0 Å². The van der Waals surface area contributed by atoms with Gasteiger partial charge in [-0.25, -0.2) is 0 Å². The van der Waals surface area contributed by atoms with E-state index in [0.29, 0.717) is 0 Å². The zero-order valence-corrected chi connectivity index (χ0v) is 39.1. The molecular weight excluding hydrogens is 651 g/mol. The molecule has 0 saturated carbocycles. The van der Waals surface area contributed by atoms with Gasteiger partial charge in [0.2, 0.25) is 0 Å². The van der Waals surface area contributed by atoms with Crippen LogP contribution in [0.1, 0.15) is 317 Å². The van der Waals surface area contributed by atoms with Crippen LogP contribution in [0.4, 0.5) is 0 Å². The molecule has 0 saturated heterocycles. The SMILES string of the molecule is CCCCCCCCCCCCCCCC[N+](CCCCC)(CCCCCCCCCCCCCCCC)CCCCCCCCCCCCCCCC. The van der Waals surface area contributed by atoms with Crippen LogP contribution in [0, 0.1) is 0 Å². The van der Waals surface area contributed by atoms with E-state index in [1.54, 1.807) is 0 Å². The molecule has 0 aliphatic carbocycles. The van der Waals surface area contributed by atoms with Crippen LogP contribution in [0.15, 0.2) is 0 Å². The smallest absolute Gasteiger partial charge is 0.0786 e. The minimum Gasteiger partial charge on any atom is -0.324 e. The second-order valence-electron chi connectivity index (χ2n) is 18.7. The Labute approximate surface area is 346 Å². The largest absolute Gasteiger partial charge is 0.324 e. The van der Waals surface area contributed by atoms with Gasteiger partial charge in [0.05, 0.1) is 26.2 Å². The van der Waals surface area contributed by atoms with Crippen LogP contribution in [0.25, 0.3) is 0 Å². The van der Waals surface area contributed by atoms with Crippen molar-refractivity contribution in [3.8, 4) is 0 Å². The van der Waals surface area contributed by atoms with Crippen molar-refractivity contribution in [1.29, 1.82) is 0 Å². The summed E-state index contributed by atoms with van der Waals surface area (Å²) in [4.78, 5) is 0. The minimum atomic E-state index is 1.37. The van der Waals surface area contributed by atoms with Crippen molar-refractivity contribution in [3.05, 3.63) is 0 Å². The summed E-state index contributed by atoms with van der Waals surface area (Å²) in [5, 5.41) is 0. The molecule has 0 N–H and O–H groups in total. The Morgan fingerprint density at radius 1 is 0.148 bits per heavy atom. The Morgan fingerprint density at radius 2 is 0.259 bits per heavy atom. The van der Waals surface area contributed by atoms with Crippen LogP contribution in [0.2, 0.25) is 0 Å². The van der Waals surface area contributed by atoms with Crippen molar-refractivity contribution in [1.82, 2.24) is 0 Å². The second-order valence-corrected chi connectivity index (χ2v) is 18.7. The zero-order chi connectivity index (χ0) is 39.1. The lowest BCUT2D eigenvalue weighted by Gasteiger charge is -2.39. The first-order valence-corrected chi connectivity index (χ1v) is 26.6. The fourth-order valence-electron chi connectivity index (χ4n) is 9.29. The molecule has 0 spiro atoms. The van der Waals surface area contributed by atoms with E-state index in [9.17, 15) is 0 Å². The molecule has 54 heavy (non-hydrogen) atoms. The molecule has 0 atom stereocenters. The van der Waals surface area contributed by atoms with Gasteiger partial charge < -0.3 is 4.48 Å². The van der Waals surface area contributed by atoms with Crippen molar-refractivity contribution in [2.75, 3.05) is 26.2 Å². The number of rotatable bonds is 49. The third kappa shape index (κ3) is 41.6. The van der Waals surface area contributed by atoms with E-state index >= 15 is 0 Å².